The number of hydrogen-bond acceptors (Lipinski definition) is 5. The Hall–Kier alpha value is -2.45. The van der Waals surface area contributed by atoms with E-state index in [1.54, 1.807) is 13.8 Å². The van der Waals surface area contributed by atoms with Crippen LogP contribution in [0.15, 0.2) is 0 Å². The lowest BCUT2D eigenvalue weighted by Crippen LogP contribution is -2.44. The van der Waals surface area contributed by atoms with Crippen LogP contribution in [0.25, 0.3) is 0 Å². The predicted octanol–water partition coefficient (Wildman–Crippen LogP) is -1.56. The lowest BCUT2D eigenvalue weighted by atomic mass is 10.4. The van der Waals surface area contributed by atoms with Crippen LogP contribution in [0.5, 0.6) is 0 Å². The first kappa shape index (κ1) is 16.6. The summed E-state index contributed by atoms with van der Waals surface area (Å²) < 4.78 is 0. The zero-order valence-electron chi connectivity index (χ0n) is 12.0. The molecule has 1 heterocycles. The molecule has 116 valence electrons. The summed E-state index contributed by atoms with van der Waals surface area (Å²) in [5.41, 5.74) is 0. The lowest BCUT2D eigenvalue weighted by molar-refractivity contribution is -0.144. The van der Waals surface area contributed by atoms with Crippen LogP contribution >= 0.6 is 0 Å². The number of nitrogens with zero attached hydrogens (tertiary/aromatic N) is 2. The van der Waals surface area contributed by atoms with Crippen LogP contribution in [-0.2, 0) is 19.2 Å². The SMILES string of the molecule is CCCN1C(=O)C(=O)N(CC(=O)NCC(=O)NCC)C1=O. The highest BCUT2D eigenvalue weighted by atomic mass is 16.2. The second-order valence-electron chi connectivity index (χ2n) is 4.36. The van der Waals surface area contributed by atoms with Crippen LogP contribution in [0.1, 0.15) is 20.3 Å². The quantitative estimate of drug-likeness (QED) is 0.435. The highest BCUT2D eigenvalue weighted by Crippen LogP contribution is 2.11. The summed E-state index contributed by atoms with van der Waals surface area (Å²) >= 11 is 0. The second-order valence-corrected chi connectivity index (χ2v) is 4.36. The first-order valence-electron chi connectivity index (χ1n) is 6.63. The molecule has 0 bridgehead atoms. The molecule has 0 radical (unpaired) electrons. The largest absolute Gasteiger partial charge is 0.355 e. The van der Waals surface area contributed by atoms with Gasteiger partial charge in [-0.05, 0) is 13.3 Å². The second kappa shape index (κ2) is 7.36. The minimum Gasteiger partial charge on any atom is -0.355 e. The Morgan fingerprint density at radius 2 is 1.57 bits per heavy atom. The molecular weight excluding hydrogens is 280 g/mol. The summed E-state index contributed by atoms with van der Waals surface area (Å²) in [6.07, 6.45) is 0.516. The van der Waals surface area contributed by atoms with Crippen molar-refractivity contribution in [3.05, 3.63) is 0 Å². The zero-order chi connectivity index (χ0) is 16.0. The van der Waals surface area contributed by atoms with Crippen molar-refractivity contribution in [1.82, 2.24) is 20.4 Å². The highest BCUT2D eigenvalue weighted by molar-refractivity contribution is 6.45. The van der Waals surface area contributed by atoms with Crippen molar-refractivity contribution >= 4 is 29.7 Å². The van der Waals surface area contributed by atoms with E-state index in [1.165, 1.54) is 0 Å². The molecule has 0 aromatic heterocycles. The van der Waals surface area contributed by atoms with Crippen molar-refractivity contribution in [1.29, 1.82) is 0 Å². The van der Waals surface area contributed by atoms with Gasteiger partial charge in [-0.15, -0.1) is 0 Å². The van der Waals surface area contributed by atoms with Crippen molar-refractivity contribution < 1.29 is 24.0 Å². The van der Waals surface area contributed by atoms with Crippen molar-refractivity contribution in [2.45, 2.75) is 20.3 Å². The van der Waals surface area contributed by atoms with Crippen LogP contribution < -0.4 is 10.6 Å². The van der Waals surface area contributed by atoms with E-state index in [0.717, 1.165) is 4.90 Å². The van der Waals surface area contributed by atoms with Gasteiger partial charge in [-0.2, -0.15) is 0 Å². The molecule has 0 aromatic carbocycles. The summed E-state index contributed by atoms with van der Waals surface area (Å²) in [4.78, 5) is 59.2. The number of carbonyl (C=O) groups is 5. The molecule has 1 rings (SSSR count). The highest BCUT2D eigenvalue weighted by Gasteiger charge is 2.44. The molecule has 1 aliphatic rings. The maximum atomic E-state index is 11.8. The van der Waals surface area contributed by atoms with E-state index < -0.39 is 30.3 Å². The number of carbonyl (C=O) groups excluding carboxylic acids is 5. The molecule has 21 heavy (non-hydrogen) atoms. The number of hydrogen-bond donors (Lipinski definition) is 2. The van der Waals surface area contributed by atoms with Crippen molar-refractivity contribution in [2.75, 3.05) is 26.2 Å². The van der Waals surface area contributed by atoms with Crippen LogP contribution in [0, 0.1) is 0 Å². The van der Waals surface area contributed by atoms with E-state index in [0.29, 0.717) is 17.9 Å². The van der Waals surface area contributed by atoms with Gasteiger partial charge in [0, 0.05) is 13.1 Å². The molecular formula is C12H18N4O5. The Morgan fingerprint density at radius 1 is 0.952 bits per heavy atom. The number of nitrogens with one attached hydrogen (secondary N) is 2. The smallest absolute Gasteiger partial charge is 0.334 e. The van der Waals surface area contributed by atoms with Crippen LogP contribution in [0.4, 0.5) is 4.79 Å². The van der Waals surface area contributed by atoms with Crippen molar-refractivity contribution in [3.63, 3.8) is 0 Å². The molecule has 0 spiro atoms. The van der Waals surface area contributed by atoms with Gasteiger partial charge in [0.05, 0.1) is 6.54 Å². The summed E-state index contributed by atoms with van der Waals surface area (Å²) in [7, 11) is 0. The number of imide groups is 2. The molecule has 2 N–H and O–H groups in total. The van der Waals surface area contributed by atoms with Gasteiger partial charge in [0.2, 0.25) is 11.8 Å². The number of amides is 6. The minimum atomic E-state index is -1.03. The van der Waals surface area contributed by atoms with Gasteiger partial charge in [-0.3, -0.25) is 24.1 Å². The van der Waals surface area contributed by atoms with E-state index in [-0.39, 0.29) is 19.0 Å². The topological polar surface area (TPSA) is 116 Å². The average molecular weight is 298 g/mol. The molecule has 0 aromatic rings. The molecule has 1 fully saturated rings. The maximum absolute atomic E-state index is 11.8. The molecule has 1 saturated heterocycles. The van der Waals surface area contributed by atoms with Gasteiger partial charge >= 0.3 is 17.8 Å². The van der Waals surface area contributed by atoms with Crippen molar-refractivity contribution in [2.24, 2.45) is 0 Å². The third-order valence-electron chi connectivity index (χ3n) is 2.70. The summed E-state index contributed by atoms with van der Waals surface area (Å²) in [6.45, 7) is 3.21. The Balaban J connectivity index is 2.56. The summed E-state index contributed by atoms with van der Waals surface area (Å²) in [6, 6.07) is -0.806. The lowest BCUT2D eigenvalue weighted by Gasteiger charge is -2.14. The predicted molar refractivity (Wildman–Crippen MR) is 70.8 cm³/mol. The Morgan fingerprint density at radius 3 is 2.14 bits per heavy atom. The fourth-order valence-corrected chi connectivity index (χ4v) is 1.75. The zero-order valence-corrected chi connectivity index (χ0v) is 12.0. The molecule has 0 saturated carbocycles. The van der Waals surface area contributed by atoms with Crippen molar-refractivity contribution in [3.8, 4) is 0 Å². The number of rotatable bonds is 7. The molecule has 9 heteroatoms. The Labute approximate surface area is 121 Å². The van der Waals surface area contributed by atoms with Gasteiger partial charge in [-0.1, -0.05) is 6.92 Å². The van der Waals surface area contributed by atoms with E-state index in [4.69, 9.17) is 0 Å². The number of urea groups is 1. The van der Waals surface area contributed by atoms with E-state index >= 15 is 0 Å². The Kier molecular flexibility index (Phi) is 5.82. The molecule has 0 atom stereocenters. The Bertz CT molecular complexity index is 476. The number of likely N-dealkylation sites (N-methyl/N-ethyl adjacent to an activating group) is 1. The standard InChI is InChI=1S/C12H18N4O5/c1-3-5-15-10(19)11(20)16(12(15)21)7-9(18)14-6-8(17)13-4-2/h3-7H2,1-2H3,(H,13,17)(H,14,18). The molecule has 6 amide bonds. The average Bonchev–Trinajstić information content (AvgIpc) is 2.63. The molecule has 0 aliphatic carbocycles. The summed E-state index contributed by atoms with van der Waals surface area (Å²) in [5, 5.41) is 4.75. The minimum absolute atomic E-state index is 0.125. The molecule has 9 nitrogen and oxygen atoms in total. The third kappa shape index (κ3) is 4.01. The first-order valence-corrected chi connectivity index (χ1v) is 6.63. The maximum Gasteiger partial charge on any atom is 0.334 e. The van der Waals surface area contributed by atoms with E-state index in [9.17, 15) is 24.0 Å². The molecule has 1 aliphatic heterocycles. The fraction of sp³-hybridized carbons (Fsp3) is 0.583. The van der Waals surface area contributed by atoms with Crippen LogP contribution in [0.3, 0.4) is 0 Å². The van der Waals surface area contributed by atoms with Crippen LogP contribution in [0.2, 0.25) is 0 Å². The van der Waals surface area contributed by atoms with Gasteiger partial charge < -0.3 is 10.6 Å². The van der Waals surface area contributed by atoms with Gasteiger partial charge in [0.25, 0.3) is 0 Å². The first-order chi connectivity index (χ1) is 9.92. The monoisotopic (exact) mass is 298 g/mol. The van der Waals surface area contributed by atoms with Gasteiger partial charge in [-0.25, -0.2) is 9.69 Å². The molecule has 0 unspecified atom stereocenters. The van der Waals surface area contributed by atoms with E-state index in [1.807, 2.05) is 0 Å². The normalized spacial score (nSPS) is 14.7. The van der Waals surface area contributed by atoms with Crippen LogP contribution in [-0.4, -0.2) is 65.6 Å². The third-order valence-corrected chi connectivity index (χ3v) is 2.70. The summed E-state index contributed by atoms with van der Waals surface area (Å²) in [5.74, 6) is -3.03. The van der Waals surface area contributed by atoms with Gasteiger partial charge in [0.15, 0.2) is 0 Å². The van der Waals surface area contributed by atoms with Gasteiger partial charge in [0.1, 0.15) is 6.54 Å². The van der Waals surface area contributed by atoms with E-state index in [2.05, 4.69) is 10.6 Å². The fourth-order valence-electron chi connectivity index (χ4n) is 1.75.